The summed E-state index contributed by atoms with van der Waals surface area (Å²) >= 11 is 5.77. The van der Waals surface area contributed by atoms with Gasteiger partial charge >= 0.3 is 12.3 Å². The summed E-state index contributed by atoms with van der Waals surface area (Å²) in [6, 6.07) is 7.35. The maximum atomic E-state index is 13.1. The van der Waals surface area contributed by atoms with E-state index >= 15 is 0 Å². The minimum atomic E-state index is -4.59. The van der Waals surface area contributed by atoms with Gasteiger partial charge in [-0.25, -0.2) is 18.2 Å². The number of aromatic nitrogens is 1. The first kappa shape index (κ1) is 26.9. The Labute approximate surface area is 216 Å². The molecule has 1 atom stereocenters. The summed E-state index contributed by atoms with van der Waals surface area (Å²) in [5, 5.41) is 2.28. The molecule has 10 nitrogen and oxygen atoms in total. The first-order valence-electron chi connectivity index (χ1n) is 11.2. The van der Waals surface area contributed by atoms with Gasteiger partial charge in [-0.05, 0) is 36.4 Å². The summed E-state index contributed by atoms with van der Waals surface area (Å²) in [7, 11) is -3.89. The Balaban J connectivity index is 1.41. The molecule has 1 unspecified atom stereocenters. The highest BCUT2D eigenvalue weighted by Crippen LogP contribution is 2.33. The van der Waals surface area contributed by atoms with E-state index in [1.54, 1.807) is 4.90 Å². The van der Waals surface area contributed by atoms with Crippen molar-refractivity contribution in [2.75, 3.05) is 49.1 Å². The smallest absolute Gasteiger partial charge is 0.416 e. The first-order valence-corrected chi connectivity index (χ1v) is 13.0. The van der Waals surface area contributed by atoms with Crippen molar-refractivity contribution in [3.63, 3.8) is 0 Å². The van der Waals surface area contributed by atoms with Crippen LogP contribution in [-0.2, 0) is 25.7 Å². The van der Waals surface area contributed by atoms with Crippen LogP contribution in [0.5, 0.6) is 0 Å². The number of anilines is 2. The van der Waals surface area contributed by atoms with Crippen LogP contribution >= 0.6 is 11.6 Å². The molecule has 1 aromatic carbocycles. The second kappa shape index (κ2) is 10.3. The molecule has 1 N–H and O–H groups in total. The van der Waals surface area contributed by atoms with Crippen LogP contribution in [0.1, 0.15) is 12.5 Å². The number of carbonyl (C=O) groups is 2. The van der Waals surface area contributed by atoms with Crippen molar-refractivity contribution < 1.29 is 35.9 Å². The summed E-state index contributed by atoms with van der Waals surface area (Å²) in [6.07, 6.45) is -5.72. The highest BCUT2D eigenvalue weighted by Gasteiger charge is 2.35. The number of hydrogen-bond donors (Lipinski definition) is 1. The molecule has 2 amide bonds. The van der Waals surface area contributed by atoms with Crippen molar-refractivity contribution in [2.24, 2.45) is 0 Å². The highest BCUT2D eigenvalue weighted by molar-refractivity contribution is 7.89. The van der Waals surface area contributed by atoms with Crippen molar-refractivity contribution in [3.8, 4) is 0 Å². The number of alkyl halides is 3. The quantitative estimate of drug-likeness (QED) is 0.540. The number of rotatable bonds is 6. The van der Waals surface area contributed by atoms with Gasteiger partial charge in [0.15, 0.2) is 0 Å². The van der Waals surface area contributed by atoms with Gasteiger partial charge in [0, 0.05) is 38.8 Å². The number of cyclic esters (lactones) is 1. The lowest BCUT2D eigenvalue weighted by Crippen LogP contribution is -2.49. The van der Waals surface area contributed by atoms with Crippen molar-refractivity contribution in [3.05, 3.63) is 47.1 Å². The topological polar surface area (TPSA) is 112 Å². The van der Waals surface area contributed by atoms with Gasteiger partial charge in [-0.15, -0.1) is 0 Å². The molecular weight excluding hydrogens is 539 g/mol. The normalized spacial score (nSPS) is 19.2. The number of sulfonamides is 1. The van der Waals surface area contributed by atoms with E-state index in [1.165, 1.54) is 40.4 Å². The van der Waals surface area contributed by atoms with Gasteiger partial charge in [-0.1, -0.05) is 11.6 Å². The van der Waals surface area contributed by atoms with Gasteiger partial charge in [-0.3, -0.25) is 9.69 Å². The minimum Gasteiger partial charge on any atom is -0.442 e. The molecule has 2 saturated heterocycles. The van der Waals surface area contributed by atoms with E-state index in [9.17, 15) is 31.2 Å². The lowest BCUT2D eigenvalue weighted by Gasteiger charge is -2.35. The first-order chi connectivity index (χ1) is 17.3. The predicted molar refractivity (Wildman–Crippen MR) is 128 cm³/mol. The molecule has 37 heavy (non-hydrogen) atoms. The van der Waals surface area contributed by atoms with Gasteiger partial charge < -0.3 is 15.0 Å². The SMILES string of the molecule is CC(=O)NCC1CN(c2ccc(S(=O)(=O)N3CCN(c4cc(C(F)(F)F)cc(Cl)n4)CC3)cc2)C(=O)O1. The van der Waals surface area contributed by atoms with Crippen LogP contribution in [0.15, 0.2) is 41.3 Å². The molecule has 2 aromatic rings. The Kier molecular flexibility index (Phi) is 7.53. The molecule has 2 fully saturated rings. The van der Waals surface area contributed by atoms with Crippen LogP contribution in [0.3, 0.4) is 0 Å². The lowest BCUT2D eigenvalue weighted by atomic mass is 10.2. The molecule has 0 aliphatic carbocycles. The Morgan fingerprint density at radius 2 is 1.81 bits per heavy atom. The molecular formula is C22H23ClF3N5O5S. The number of piperazine rings is 1. The van der Waals surface area contributed by atoms with E-state index < -0.39 is 34.0 Å². The third kappa shape index (κ3) is 6.08. The van der Waals surface area contributed by atoms with Gasteiger partial charge in [0.1, 0.15) is 17.1 Å². The number of nitrogens with one attached hydrogen (secondary N) is 1. The Bertz CT molecular complexity index is 1280. The Hall–Kier alpha value is -3.10. The molecule has 0 radical (unpaired) electrons. The van der Waals surface area contributed by atoms with Crippen LogP contribution in [0.4, 0.5) is 29.5 Å². The maximum Gasteiger partial charge on any atom is 0.416 e. The molecule has 0 bridgehead atoms. The molecule has 2 aliphatic heterocycles. The summed E-state index contributed by atoms with van der Waals surface area (Å²) in [5.41, 5.74) is -0.493. The van der Waals surface area contributed by atoms with Gasteiger partial charge in [0.2, 0.25) is 15.9 Å². The standard InChI is InChI=1S/C22H23ClF3N5O5S/c1-14(32)27-12-17-13-31(21(33)36-17)16-2-4-18(5-3-16)37(34,35)30-8-6-29(7-9-30)20-11-15(22(24,25)26)10-19(23)28-20/h2-5,10-11,17H,6-9,12-13H2,1H3,(H,27,32). The zero-order valence-electron chi connectivity index (χ0n) is 19.5. The number of hydrogen-bond acceptors (Lipinski definition) is 7. The van der Waals surface area contributed by atoms with Crippen molar-refractivity contribution in [1.29, 1.82) is 0 Å². The summed E-state index contributed by atoms with van der Waals surface area (Å²) in [6.45, 7) is 2.02. The van der Waals surface area contributed by atoms with Crippen LogP contribution in [0.25, 0.3) is 0 Å². The van der Waals surface area contributed by atoms with Gasteiger partial charge in [0.05, 0.1) is 23.5 Å². The van der Waals surface area contributed by atoms with E-state index in [0.29, 0.717) is 5.69 Å². The van der Waals surface area contributed by atoms with Gasteiger partial charge in [-0.2, -0.15) is 17.5 Å². The number of ether oxygens (including phenoxy) is 1. The van der Waals surface area contributed by atoms with Crippen LogP contribution < -0.4 is 15.1 Å². The molecule has 2 aliphatic rings. The van der Waals surface area contributed by atoms with E-state index in [1.807, 2.05) is 0 Å². The second-order valence-electron chi connectivity index (χ2n) is 8.47. The van der Waals surface area contributed by atoms with E-state index in [2.05, 4.69) is 10.3 Å². The number of amides is 2. The maximum absolute atomic E-state index is 13.1. The summed E-state index contributed by atoms with van der Waals surface area (Å²) < 4.78 is 72.1. The third-order valence-corrected chi connectivity index (χ3v) is 8.02. The van der Waals surface area contributed by atoms with Gasteiger partial charge in [0.25, 0.3) is 0 Å². The highest BCUT2D eigenvalue weighted by atomic mass is 35.5. The van der Waals surface area contributed by atoms with Crippen LogP contribution in [0.2, 0.25) is 5.15 Å². The summed E-state index contributed by atoms with van der Waals surface area (Å²) in [4.78, 5) is 30.1. The van der Waals surface area contributed by atoms with Crippen molar-refractivity contribution in [2.45, 2.75) is 24.1 Å². The fourth-order valence-corrected chi connectivity index (χ4v) is 5.64. The third-order valence-electron chi connectivity index (χ3n) is 5.91. The van der Waals surface area contributed by atoms with E-state index in [0.717, 1.165) is 12.1 Å². The van der Waals surface area contributed by atoms with E-state index in [-0.39, 0.29) is 61.0 Å². The zero-order valence-corrected chi connectivity index (χ0v) is 21.1. The molecule has 0 saturated carbocycles. The zero-order chi connectivity index (χ0) is 27.0. The number of pyridine rings is 1. The number of halogens is 4. The average Bonchev–Trinajstić information content (AvgIpc) is 3.22. The Morgan fingerprint density at radius 1 is 1.16 bits per heavy atom. The molecule has 4 rings (SSSR count). The fraction of sp³-hybridized carbons (Fsp3) is 0.409. The molecule has 1 aromatic heterocycles. The lowest BCUT2D eigenvalue weighted by molar-refractivity contribution is -0.137. The molecule has 200 valence electrons. The van der Waals surface area contributed by atoms with Crippen LogP contribution in [-0.4, -0.2) is 75.1 Å². The molecule has 15 heteroatoms. The van der Waals surface area contributed by atoms with Crippen molar-refractivity contribution >= 4 is 45.1 Å². The number of nitrogens with zero attached hydrogens (tertiary/aromatic N) is 4. The molecule has 3 heterocycles. The van der Waals surface area contributed by atoms with E-state index in [4.69, 9.17) is 16.3 Å². The molecule has 0 spiro atoms. The second-order valence-corrected chi connectivity index (χ2v) is 10.8. The fourth-order valence-electron chi connectivity index (χ4n) is 4.01. The predicted octanol–water partition coefficient (Wildman–Crippen LogP) is 2.73. The summed E-state index contributed by atoms with van der Waals surface area (Å²) in [5.74, 6) is -0.227. The minimum absolute atomic E-state index is 0.00676. The van der Waals surface area contributed by atoms with Crippen molar-refractivity contribution in [1.82, 2.24) is 14.6 Å². The Morgan fingerprint density at radius 3 is 2.41 bits per heavy atom. The monoisotopic (exact) mass is 561 g/mol. The average molecular weight is 562 g/mol. The number of carbonyl (C=O) groups excluding carboxylic acids is 2. The number of benzene rings is 1. The largest absolute Gasteiger partial charge is 0.442 e. The van der Waals surface area contributed by atoms with Crippen LogP contribution in [0, 0.1) is 0 Å².